The van der Waals surface area contributed by atoms with Crippen molar-refractivity contribution in [3.05, 3.63) is 42.7 Å². The molecule has 1 aromatic rings. The molecule has 0 saturated carbocycles. The molecule has 0 radical (unpaired) electrons. The third kappa shape index (κ3) is 5.61. The number of hydrogen-bond donors (Lipinski definition) is 0. The van der Waals surface area contributed by atoms with E-state index in [2.05, 4.69) is 11.6 Å². The molecule has 2 atom stereocenters. The summed E-state index contributed by atoms with van der Waals surface area (Å²) in [7, 11) is -3.57. The maximum absolute atomic E-state index is 12.2. The van der Waals surface area contributed by atoms with Crippen LogP contribution >= 0.6 is 0 Å². The predicted molar refractivity (Wildman–Crippen MR) is 88.9 cm³/mol. The highest BCUT2D eigenvalue weighted by Crippen LogP contribution is 2.26. The van der Waals surface area contributed by atoms with Gasteiger partial charge in [-0.1, -0.05) is 12.7 Å². The van der Waals surface area contributed by atoms with E-state index in [9.17, 15) is 13.2 Å². The summed E-state index contributed by atoms with van der Waals surface area (Å²) in [6.07, 6.45) is 6.82. The number of carbonyl (C=O) groups is 1. The van der Waals surface area contributed by atoms with Gasteiger partial charge in [0.15, 0.2) is 0 Å². The van der Waals surface area contributed by atoms with Gasteiger partial charge < -0.3 is 9.64 Å². The zero-order valence-electron chi connectivity index (χ0n) is 13.6. The number of aryl methyl sites for hydroxylation is 1. The van der Waals surface area contributed by atoms with E-state index in [1.54, 1.807) is 17.3 Å². The first-order chi connectivity index (χ1) is 11.4. The average molecular weight is 354 g/mol. The summed E-state index contributed by atoms with van der Waals surface area (Å²) >= 11 is 0. The lowest BCUT2D eigenvalue weighted by atomic mass is 10.0. The normalized spacial score (nSPS) is 20.8. The Bertz CT molecular complexity index is 662. The predicted octanol–water partition coefficient (Wildman–Crippen LogP) is 1.76. The van der Waals surface area contributed by atoms with Crippen LogP contribution in [0.5, 0.6) is 0 Å². The smallest absolute Gasteiger partial charge is 0.410 e. The van der Waals surface area contributed by atoms with Crippen molar-refractivity contribution in [2.45, 2.75) is 31.4 Å². The summed E-state index contributed by atoms with van der Waals surface area (Å²) < 4.78 is 32.8. The van der Waals surface area contributed by atoms with Gasteiger partial charge in [0.25, 0.3) is 10.1 Å². The van der Waals surface area contributed by atoms with Crippen LogP contribution in [0.25, 0.3) is 0 Å². The number of rotatable bonds is 7. The largest absolute Gasteiger partial charge is 0.445 e. The first-order valence-electron chi connectivity index (χ1n) is 7.70. The average Bonchev–Trinajstić information content (AvgIpc) is 2.92. The molecule has 24 heavy (non-hydrogen) atoms. The van der Waals surface area contributed by atoms with E-state index in [1.165, 1.54) is 6.08 Å². The Morgan fingerprint density at radius 1 is 1.46 bits per heavy atom. The highest BCUT2D eigenvalue weighted by atomic mass is 32.2. The Kier molecular flexibility index (Phi) is 6.33. The van der Waals surface area contributed by atoms with Crippen LogP contribution in [0.1, 0.15) is 18.4 Å². The van der Waals surface area contributed by atoms with Crippen molar-refractivity contribution >= 4 is 16.2 Å². The van der Waals surface area contributed by atoms with Crippen molar-refractivity contribution in [3.8, 4) is 0 Å². The molecule has 132 valence electrons. The van der Waals surface area contributed by atoms with Gasteiger partial charge in [-0.15, -0.1) is 0 Å². The van der Waals surface area contributed by atoms with Gasteiger partial charge in [0.05, 0.1) is 18.9 Å². The van der Waals surface area contributed by atoms with Crippen molar-refractivity contribution in [1.82, 2.24) is 9.88 Å². The molecule has 7 nitrogen and oxygen atoms in total. The van der Waals surface area contributed by atoms with Gasteiger partial charge in [-0.25, -0.2) is 4.79 Å². The van der Waals surface area contributed by atoms with Gasteiger partial charge in [0, 0.05) is 18.4 Å². The zero-order valence-corrected chi connectivity index (χ0v) is 14.4. The van der Waals surface area contributed by atoms with Gasteiger partial charge >= 0.3 is 6.09 Å². The van der Waals surface area contributed by atoms with Crippen LogP contribution in [0.4, 0.5) is 4.79 Å². The maximum Gasteiger partial charge on any atom is 0.410 e. The van der Waals surface area contributed by atoms with Gasteiger partial charge in [-0.2, -0.15) is 8.42 Å². The summed E-state index contributed by atoms with van der Waals surface area (Å²) in [6.45, 7) is 3.83. The number of ether oxygens (including phenoxy) is 1. The highest BCUT2D eigenvalue weighted by molar-refractivity contribution is 7.86. The van der Waals surface area contributed by atoms with Crippen LogP contribution in [0.15, 0.2) is 37.2 Å². The minimum absolute atomic E-state index is 0.115. The first kappa shape index (κ1) is 18.4. The second-order valence-corrected chi connectivity index (χ2v) is 7.32. The van der Waals surface area contributed by atoms with Crippen LogP contribution < -0.4 is 0 Å². The molecule has 0 N–H and O–H groups in total. The minimum Gasteiger partial charge on any atom is -0.445 e. The van der Waals surface area contributed by atoms with Crippen LogP contribution in [-0.4, -0.2) is 55.9 Å². The van der Waals surface area contributed by atoms with Crippen molar-refractivity contribution in [2.75, 3.05) is 19.4 Å². The molecule has 2 rings (SSSR count). The van der Waals surface area contributed by atoms with E-state index >= 15 is 0 Å². The van der Waals surface area contributed by atoms with E-state index in [1.807, 2.05) is 12.1 Å². The molecule has 1 amide bonds. The SMILES string of the molecule is C=CCOC(=O)N1CC(OS(C)(=O)=O)CC1CCc1ccncc1. The zero-order chi connectivity index (χ0) is 17.6. The van der Waals surface area contributed by atoms with Crippen LogP contribution in [-0.2, 0) is 25.5 Å². The number of pyridine rings is 1. The van der Waals surface area contributed by atoms with Gasteiger partial charge in [-0.3, -0.25) is 9.17 Å². The summed E-state index contributed by atoms with van der Waals surface area (Å²) in [5, 5.41) is 0. The fourth-order valence-corrected chi connectivity index (χ4v) is 3.42. The number of hydrogen-bond acceptors (Lipinski definition) is 6. The highest BCUT2D eigenvalue weighted by Gasteiger charge is 2.37. The fourth-order valence-electron chi connectivity index (χ4n) is 2.78. The van der Waals surface area contributed by atoms with E-state index in [0.29, 0.717) is 12.8 Å². The summed E-state index contributed by atoms with van der Waals surface area (Å²) in [5.41, 5.74) is 1.11. The van der Waals surface area contributed by atoms with Crippen LogP contribution in [0.3, 0.4) is 0 Å². The van der Waals surface area contributed by atoms with Gasteiger partial charge in [0.2, 0.25) is 0 Å². The maximum atomic E-state index is 12.2. The Hall–Kier alpha value is -1.93. The monoisotopic (exact) mass is 354 g/mol. The number of nitrogens with zero attached hydrogens (tertiary/aromatic N) is 2. The molecule has 8 heteroatoms. The number of aromatic nitrogens is 1. The van der Waals surface area contributed by atoms with Crippen LogP contribution in [0.2, 0.25) is 0 Å². The van der Waals surface area contributed by atoms with E-state index in [4.69, 9.17) is 8.92 Å². The molecule has 0 spiro atoms. The molecule has 0 aliphatic carbocycles. The summed E-state index contributed by atoms with van der Waals surface area (Å²) in [6, 6.07) is 3.70. The van der Waals surface area contributed by atoms with Crippen molar-refractivity contribution in [1.29, 1.82) is 0 Å². The lowest BCUT2D eigenvalue weighted by Gasteiger charge is -2.23. The molecule has 2 heterocycles. The molecule has 1 aromatic heterocycles. The number of likely N-dealkylation sites (tertiary alicyclic amines) is 1. The molecule has 1 fully saturated rings. The molecule has 1 saturated heterocycles. The number of amides is 1. The standard InChI is InChI=1S/C16H22N2O5S/c1-3-10-22-16(19)18-12-15(23-24(2,20)21)11-14(18)5-4-13-6-8-17-9-7-13/h3,6-9,14-15H,1,4-5,10-12H2,2H3. The quantitative estimate of drug-likeness (QED) is 0.548. The second-order valence-electron chi connectivity index (χ2n) is 5.72. The molecule has 2 unspecified atom stereocenters. The lowest BCUT2D eigenvalue weighted by Crippen LogP contribution is -2.37. The third-order valence-electron chi connectivity index (χ3n) is 3.76. The molecule has 1 aliphatic rings. The molecule has 0 bridgehead atoms. The molecule has 0 aromatic carbocycles. The Labute approximate surface area is 142 Å². The Balaban J connectivity index is 2.02. The lowest BCUT2D eigenvalue weighted by molar-refractivity contribution is 0.103. The Morgan fingerprint density at radius 3 is 2.79 bits per heavy atom. The van der Waals surface area contributed by atoms with Gasteiger partial charge in [0.1, 0.15) is 6.61 Å². The third-order valence-corrected chi connectivity index (χ3v) is 4.38. The molecular weight excluding hydrogens is 332 g/mol. The fraction of sp³-hybridized carbons (Fsp3) is 0.500. The van der Waals surface area contributed by atoms with Gasteiger partial charge in [-0.05, 0) is 37.0 Å². The van der Waals surface area contributed by atoms with Crippen LogP contribution in [0, 0.1) is 0 Å². The molecular formula is C16H22N2O5S. The number of carbonyl (C=O) groups excluding carboxylic acids is 1. The van der Waals surface area contributed by atoms with Crippen molar-refractivity contribution in [2.24, 2.45) is 0 Å². The van der Waals surface area contributed by atoms with Crippen molar-refractivity contribution < 1.29 is 22.1 Å². The molecule has 1 aliphatic heterocycles. The van der Waals surface area contributed by atoms with Crippen molar-refractivity contribution in [3.63, 3.8) is 0 Å². The Morgan fingerprint density at radius 2 is 2.17 bits per heavy atom. The summed E-state index contributed by atoms with van der Waals surface area (Å²) in [4.78, 5) is 17.7. The summed E-state index contributed by atoms with van der Waals surface area (Å²) in [5.74, 6) is 0. The second kappa shape index (κ2) is 8.25. The minimum atomic E-state index is -3.57. The van der Waals surface area contributed by atoms with E-state index in [-0.39, 0.29) is 19.2 Å². The van der Waals surface area contributed by atoms with E-state index < -0.39 is 22.3 Å². The van der Waals surface area contributed by atoms with E-state index in [0.717, 1.165) is 18.2 Å². The first-order valence-corrected chi connectivity index (χ1v) is 9.52. The topological polar surface area (TPSA) is 85.8 Å².